The molecular weight excluding hydrogens is 321 g/mol. The average Bonchev–Trinajstić information content (AvgIpc) is 3.49. The van der Waals surface area contributed by atoms with E-state index in [-0.39, 0.29) is 16.9 Å². The number of amides is 2. The zero-order valence-corrected chi connectivity index (χ0v) is 13.5. The van der Waals surface area contributed by atoms with Gasteiger partial charge in [0.15, 0.2) is 0 Å². The van der Waals surface area contributed by atoms with Crippen LogP contribution in [0.1, 0.15) is 41.6 Å². The van der Waals surface area contributed by atoms with Crippen molar-refractivity contribution in [2.24, 2.45) is 0 Å². The summed E-state index contributed by atoms with van der Waals surface area (Å²) in [4.78, 5) is 30.5. The third kappa shape index (κ3) is 2.17. The van der Waals surface area contributed by atoms with Gasteiger partial charge in [-0.2, -0.15) is 4.39 Å². The average molecular weight is 337 g/mol. The first kappa shape index (κ1) is 14.6. The number of carbonyl (C=O) groups excluding carboxylic acids is 2. The Bertz CT molecular complexity index is 919. The van der Waals surface area contributed by atoms with Crippen LogP contribution in [0.5, 0.6) is 0 Å². The summed E-state index contributed by atoms with van der Waals surface area (Å²) in [5, 5.41) is 2.79. The van der Waals surface area contributed by atoms with E-state index in [1.54, 1.807) is 0 Å². The van der Waals surface area contributed by atoms with Crippen molar-refractivity contribution < 1.29 is 14.0 Å². The predicted molar refractivity (Wildman–Crippen MR) is 90.0 cm³/mol. The van der Waals surface area contributed by atoms with Crippen LogP contribution in [0, 0.1) is 5.95 Å². The number of nitrogens with zero attached hydrogens (tertiary/aromatic N) is 2. The fourth-order valence-corrected chi connectivity index (χ4v) is 3.72. The van der Waals surface area contributed by atoms with Crippen LogP contribution in [-0.4, -0.2) is 22.8 Å². The summed E-state index contributed by atoms with van der Waals surface area (Å²) in [6.07, 6.45) is 5.15. The van der Waals surface area contributed by atoms with Gasteiger partial charge in [0.25, 0.3) is 5.91 Å². The molecule has 25 heavy (non-hydrogen) atoms. The molecule has 2 aromatic rings. The highest BCUT2D eigenvalue weighted by molar-refractivity contribution is 6.12. The molecule has 2 fully saturated rings. The number of nitrogens with one attached hydrogen (secondary N) is 1. The summed E-state index contributed by atoms with van der Waals surface area (Å²) < 4.78 is 13.2. The van der Waals surface area contributed by atoms with E-state index in [9.17, 15) is 14.0 Å². The molecule has 126 valence electrons. The Morgan fingerprint density at radius 3 is 2.72 bits per heavy atom. The van der Waals surface area contributed by atoms with Gasteiger partial charge in [0.1, 0.15) is 0 Å². The first-order valence-corrected chi connectivity index (χ1v) is 8.50. The van der Waals surface area contributed by atoms with E-state index < -0.39 is 11.9 Å². The number of aromatic nitrogens is 1. The van der Waals surface area contributed by atoms with Gasteiger partial charge < -0.3 is 10.2 Å². The van der Waals surface area contributed by atoms with Gasteiger partial charge in [-0.15, -0.1) is 0 Å². The maximum absolute atomic E-state index is 13.2. The molecule has 0 radical (unpaired) electrons. The quantitative estimate of drug-likeness (QED) is 0.876. The van der Waals surface area contributed by atoms with Crippen molar-refractivity contribution in [3.8, 4) is 0 Å². The number of carbonyl (C=O) groups is 2. The summed E-state index contributed by atoms with van der Waals surface area (Å²) in [6, 6.07) is 8.50. The maximum atomic E-state index is 13.2. The highest BCUT2D eigenvalue weighted by atomic mass is 19.1. The van der Waals surface area contributed by atoms with Crippen molar-refractivity contribution in [1.29, 1.82) is 0 Å². The Labute approximate surface area is 143 Å². The molecule has 2 amide bonds. The van der Waals surface area contributed by atoms with Gasteiger partial charge in [-0.25, -0.2) is 4.98 Å². The van der Waals surface area contributed by atoms with E-state index in [0.717, 1.165) is 43.0 Å². The molecule has 2 heterocycles. The highest BCUT2D eigenvalue weighted by Gasteiger charge is 2.61. The summed E-state index contributed by atoms with van der Waals surface area (Å²) in [5.74, 6) is -0.878. The molecule has 1 N–H and O–H groups in total. The van der Waals surface area contributed by atoms with E-state index in [2.05, 4.69) is 10.3 Å². The number of halogens is 1. The van der Waals surface area contributed by atoms with E-state index in [1.165, 1.54) is 12.3 Å². The SMILES string of the molecule is O=C(Nc1ccc2c(c1)N(C1CC1)C(=O)C21CC1)c1ccnc(F)c1. The molecule has 1 aromatic carbocycles. The van der Waals surface area contributed by atoms with Gasteiger partial charge in [-0.1, -0.05) is 6.07 Å². The van der Waals surface area contributed by atoms with Crippen LogP contribution in [0.4, 0.5) is 15.8 Å². The Morgan fingerprint density at radius 2 is 2.04 bits per heavy atom. The van der Waals surface area contributed by atoms with Crippen LogP contribution in [0.25, 0.3) is 0 Å². The van der Waals surface area contributed by atoms with Crippen molar-refractivity contribution in [3.63, 3.8) is 0 Å². The number of pyridine rings is 1. The largest absolute Gasteiger partial charge is 0.322 e. The topological polar surface area (TPSA) is 62.3 Å². The van der Waals surface area contributed by atoms with Gasteiger partial charge in [-0.05, 0) is 49.4 Å². The van der Waals surface area contributed by atoms with Gasteiger partial charge in [0, 0.05) is 29.6 Å². The lowest BCUT2D eigenvalue weighted by atomic mass is 9.97. The van der Waals surface area contributed by atoms with Gasteiger partial charge in [0.05, 0.1) is 11.1 Å². The maximum Gasteiger partial charge on any atom is 0.255 e. The summed E-state index contributed by atoms with van der Waals surface area (Å²) >= 11 is 0. The van der Waals surface area contributed by atoms with Crippen molar-refractivity contribution in [2.45, 2.75) is 37.1 Å². The first-order valence-electron chi connectivity index (χ1n) is 8.50. The Morgan fingerprint density at radius 1 is 1.24 bits per heavy atom. The molecule has 0 atom stereocenters. The minimum absolute atomic E-state index is 0.210. The summed E-state index contributed by atoms with van der Waals surface area (Å²) in [7, 11) is 0. The van der Waals surface area contributed by atoms with E-state index in [1.807, 2.05) is 23.1 Å². The molecule has 0 unspecified atom stereocenters. The first-order chi connectivity index (χ1) is 12.1. The minimum atomic E-state index is -0.692. The molecule has 3 aliphatic rings. The lowest BCUT2D eigenvalue weighted by Crippen LogP contribution is -2.33. The van der Waals surface area contributed by atoms with Gasteiger partial charge >= 0.3 is 0 Å². The number of anilines is 2. The van der Waals surface area contributed by atoms with Crippen LogP contribution in [0.15, 0.2) is 36.5 Å². The number of hydrogen-bond acceptors (Lipinski definition) is 3. The van der Waals surface area contributed by atoms with Gasteiger partial charge in [-0.3, -0.25) is 9.59 Å². The molecular formula is C19H16FN3O2. The molecule has 1 aromatic heterocycles. The number of hydrogen-bond donors (Lipinski definition) is 1. The van der Waals surface area contributed by atoms with Crippen LogP contribution >= 0.6 is 0 Å². The molecule has 6 heteroatoms. The minimum Gasteiger partial charge on any atom is -0.322 e. The zero-order chi connectivity index (χ0) is 17.2. The number of rotatable bonds is 3. The van der Waals surface area contributed by atoms with E-state index >= 15 is 0 Å². The third-order valence-electron chi connectivity index (χ3n) is 5.31. The normalized spacial score (nSPS) is 19.9. The highest BCUT2D eigenvalue weighted by Crippen LogP contribution is 2.59. The van der Waals surface area contributed by atoms with Crippen molar-refractivity contribution in [1.82, 2.24) is 4.98 Å². The smallest absolute Gasteiger partial charge is 0.255 e. The van der Waals surface area contributed by atoms with Crippen LogP contribution in [-0.2, 0) is 10.2 Å². The van der Waals surface area contributed by atoms with Gasteiger partial charge in [0.2, 0.25) is 11.9 Å². The van der Waals surface area contributed by atoms with Crippen molar-refractivity contribution in [2.75, 3.05) is 10.2 Å². The van der Waals surface area contributed by atoms with Crippen molar-refractivity contribution >= 4 is 23.2 Å². The molecule has 0 saturated heterocycles. The Balaban J connectivity index is 1.47. The fraction of sp³-hybridized carbons (Fsp3) is 0.316. The predicted octanol–water partition coefficient (Wildman–Crippen LogP) is 3.01. The number of benzene rings is 1. The molecule has 1 spiro atoms. The lowest BCUT2D eigenvalue weighted by molar-refractivity contribution is -0.120. The van der Waals surface area contributed by atoms with Crippen LogP contribution in [0.3, 0.4) is 0 Å². The number of fused-ring (bicyclic) bond motifs is 2. The monoisotopic (exact) mass is 337 g/mol. The Hall–Kier alpha value is -2.76. The van der Waals surface area contributed by atoms with Crippen LogP contribution < -0.4 is 10.2 Å². The molecule has 2 aliphatic carbocycles. The molecule has 5 rings (SSSR count). The standard InChI is InChI=1S/C19H16FN3O2/c20-16-9-11(5-8-21-16)17(24)22-12-1-4-14-15(10-12)23(13-2-3-13)18(25)19(14)6-7-19/h1,4-5,8-10,13H,2-3,6-7H2,(H,22,24). The summed E-state index contributed by atoms with van der Waals surface area (Å²) in [5.41, 5.74) is 2.51. The molecule has 1 aliphatic heterocycles. The lowest BCUT2D eigenvalue weighted by Gasteiger charge is -2.17. The second-order valence-electron chi connectivity index (χ2n) is 7.04. The van der Waals surface area contributed by atoms with E-state index in [0.29, 0.717) is 11.7 Å². The Kier molecular flexibility index (Phi) is 2.84. The second-order valence-corrected chi connectivity index (χ2v) is 7.04. The fourth-order valence-electron chi connectivity index (χ4n) is 3.72. The summed E-state index contributed by atoms with van der Waals surface area (Å²) in [6.45, 7) is 0. The van der Waals surface area contributed by atoms with Crippen LogP contribution in [0.2, 0.25) is 0 Å². The van der Waals surface area contributed by atoms with Crippen molar-refractivity contribution in [3.05, 3.63) is 53.6 Å². The zero-order valence-electron chi connectivity index (χ0n) is 13.5. The van der Waals surface area contributed by atoms with E-state index in [4.69, 9.17) is 0 Å². The molecule has 0 bridgehead atoms. The second kappa shape index (κ2) is 4.88. The molecule has 2 saturated carbocycles. The third-order valence-corrected chi connectivity index (χ3v) is 5.31. The molecule has 5 nitrogen and oxygen atoms in total.